The van der Waals surface area contributed by atoms with Crippen molar-refractivity contribution >= 4 is 5.57 Å². The van der Waals surface area contributed by atoms with Crippen LogP contribution in [0.25, 0.3) is 5.57 Å². The molecule has 22 heavy (non-hydrogen) atoms. The van der Waals surface area contributed by atoms with Gasteiger partial charge in [0.1, 0.15) is 24.1 Å². The van der Waals surface area contributed by atoms with Crippen LogP contribution in [0.1, 0.15) is 33.3 Å². The average Bonchev–Trinajstić information content (AvgIpc) is 2.91. The lowest BCUT2D eigenvalue weighted by Crippen LogP contribution is -2.36. The number of benzene rings is 1. The zero-order chi connectivity index (χ0) is 15.6. The number of rotatable bonds is 1. The highest BCUT2D eigenvalue weighted by molar-refractivity contribution is 5.73. The van der Waals surface area contributed by atoms with Gasteiger partial charge in [-0.3, -0.25) is 0 Å². The summed E-state index contributed by atoms with van der Waals surface area (Å²) in [6.07, 6.45) is -0.183. The minimum atomic E-state index is -0.553. The zero-order valence-electron chi connectivity index (χ0n) is 13.3. The van der Waals surface area contributed by atoms with E-state index in [9.17, 15) is 4.39 Å². The molecule has 1 aromatic rings. The average molecular weight is 304 g/mol. The van der Waals surface area contributed by atoms with Crippen molar-refractivity contribution in [3.63, 3.8) is 0 Å². The summed E-state index contributed by atoms with van der Waals surface area (Å²) in [7, 11) is 0. The van der Waals surface area contributed by atoms with Gasteiger partial charge in [-0.25, -0.2) is 4.39 Å². The summed E-state index contributed by atoms with van der Waals surface area (Å²) >= 11 is 0. The first kappa shape index (κ1) is 14.4. The molecule has 2 bridgehead atoms. The van der Waals surface area contributed by atoms with Crippen molar-refractivity contribution in [2.24, 2.45) is 5.92 Å². The number of ether oxygens (including phenoxy) is 3. The second kappa shape index (κ2) is 4.63. The van der Waals surface area contributed by atoms with Crippen molar-refractivity contribution < 1.29 is 18.6 Å². The molecule has 0 radical (unpaired) electrons. The molecule has 3 aliphatic heterocycles. The van der Waals surface area contributed by atoms with E-state index in [0.29, 0.717) is 0 Å². The topological polar surface area (TPSA) is 27.7 Å². The third kappa shape index (κ3) is 1.98. The number of fused-ring (bicyclic) bond motifs is 5. The molecule has 2 saturated heterocycles. The summed E-state index contributed by atoms with van der Waals surface area (Å²) in [6.45, 7) is 8.14. The maximum atomic E-state index is 13.2. The van der Waals surface area contributed by atoms with Gasteiger partial charge >= 0.3 is 0 Å². The van der Waals surface area contributed by atoms with Crippen molar-refractivity contribution in [3.05, 3.63) is 41.2 Å². The minimum absolute atomic E-state index is 0.0134. The fraction of sp³-hybridized carbons (Fsp3) is 0.556. The Morgan fingerprint density at radius 1 is 1.00 bits per heavy atom. The molecule has 1 aromatic carbocycles. The molecule has 0 aliphatic carbocycles. The summed E-state index contributed by atoms with van der Waals surface area (Å²) in [6, 6.07) is 6.71. The molecule has 0 unspecified atom stereocenters. The fourth-order valence-corrected chi connectivity index (χ4v) is 4.18. The van der Waals surface area contributed by atoms with E-state index in [-0.39, 0.29) is 36.2 Å². The van der Waals surface area contributed by atoms with Crippen molar-refractivity contribution in [2.45, 2.75) is 57.9 Å². The Hall–Kier alpha value is -1.23. The van der Waals surface area contributed by atoms with Crippen LogP contribution in [0, 0.1) is 11.7 Å². The van der Waals surface area contributed by atoms with Gasteiger partial charge < -0.3 is 14.2 Å². The Bertz CT molecular complexity index is 634. The van der Waals surface area contributed by atoms with Gasteiger partial charge in [0.15, 0.2) is 5.79 Å². The van der Waals surface area contributed by atoms with E-state index >= 15 is 0 Å². The smallest absolute Gasteiger partial charge is 0.164 e. The van der Waals surface area contributed by atoms with E-state index < -0.39 is 5.79 Å². The maximum absolute atomic E-state index is 13.2. The first-order chi connectivity index (χ1) is 10.4. The number of hydrogen-bond acceptors (Lipinski definition) is 3. The molecule has 3 aliphatic rings. The number of halogens is 1. The fourth-order valence-electron chi connectivity index (χ4n) is 4.18. The maximum Gasteiger partial charge on any atom is 0.164 e. The van der Waals surface area contributed by atoms with Crippen LogP contribution in [0.2, 0.25) is 0 Å². The lowest BCUT2D eigenvalue weighted by atomic mass is 9.85. The summed E-state index contributed by atoms with van der Waals surface area (Å²) in [4.78, 5) is 0. The highest BCUT2D eigenvalue weighted by Crippen LogP contribution is 2.50. The Morgan fingerprint density at radius 2 is 1.64 bits per heavy atom. The van der Waals surface area contributed by atoms with Crippen molar-refractivity contribution in [3.8, 4) is 0 Å². The molecular weight excluding hydrogens is 283 g/mol. The first-order valence-corrected chi connectivity index (χ1v) is 7.85. The Kier molecular flexibility index (Phi) is 3.03. The van der Waals surface area contributed by atoms with E-state index in [1.165, 1.54) is 23.3 Å². The van der Waals surface area contributed by atoms with Gasteiger partial charge in [0.2, 0.25) is 0 Å². The van der Waals surface area contributed by atoms with Crippen LogP contribution in [0.3, 0.4) is 0 Å². The van der Waals surface area contributed by atoms with Gasteiger partial charge in [0.25, 0.3) is 0 Å². The van der Waals surface area contributed by atoms with Crippen LogP contribution in [-0.2, 0) is 14.2 Å². The monoisotopic (exact) mass is 304 g/mol. The highest BCUT2D eigenvalue weighted by atomic mass is 19.1. The molecule has 4 heteroatoms. The van der Waals surface area contributed by atoms with Crippen LogP contribution in [0.15, 0.2) is 29.8 Å². The molecule has 0 saturated carbocycles. The van der Waals surface area contributed by atoms with Gasteiger partial charge in [-0.2, -0.15) is 0 Å². The molecule has 0 N–H and O–H groups in total. The molecule has 4 rings (SSSR count). The zero-order valence-corrected chi connectivity index (χ0v) is 13.3. The van der Waals surface area contributed by atoms with Gasteiger partial charge in [-0.1, -0.05) is 19.1 Å². The van der Waals surface area contributed by atoms with Crippen LogP contribution in [0.4, 0.5) is 4.39 Å². The molecule has 118 valence electrons. The lowest BCUT2D eigenvalue weighted by molar-refractivity contribution is -0.187. The van der Waals surface area contributed by atoms with Gasteiger partial charge in [0, 0.05) is 5.92 Å². The predicted octanol–water partition coefficient (Wildman–Crippen LogP) is 3.54. The van der Waals surface area contributed by atoms with E-state index in [0.717, 1.165) is 5.56 Å². The molecule has 2 fully saturated rings. The van der Waals surface area contributed by atoms with Crippen molar-refractivity contribution in [1.82, 2.24) is 0 Å². The van der Waals surface area contributed by atoms with Crippen LogP contribution in [0.5, 0.6) is 0 Å². The standard InChI is InChI=1S/C18H21FO3/c1-9-13(11-5-7-12(19)8-6-11)10(2)15-17-16(14(9)20-15)21-18(3,4)22-17/h5-9,14-17H,1-4H3/t9-,14+,15-,16+,17-/m1/s1. The van der Waals surface area contributed by atoms with E-state index in [1.54, 1.807) is 0 Å². The SMILES string of the molecule is CC1=C(c2ccc(F)cc2)[C@@H](C)[C@@H]2O[C@H]1[C@H]1OC(C)(C)O[C@@H]21. The molecule has 3 nitrogen and oxygen atoms in total. The van der Waals surface area contributed by atoms with Gasteiger partial charge in [0.05, 0.1) is 6.10 Å². The summed E-state index contributed by atoms with van der Waals surface area (Å²) in [5, 5.41) is 0. The van der Waals surface area contributed by atoms with E-state index in [4.69, 9.17) is 14.2 Å². The minimum Gasteiger partial charge on any atom is -0.364 e. The Balaban J connectivity index is 1.76. The quantitative estimate of drug-likeness (QED) is 0.794. The third-order valence-electron chi connectivity index (χ3n) is 5.04. The van der Waals surface area contributed by atoms with Gasteiger partial charge in [-0.05, 0) is 49.6 Å². The number of hydrogen-bond donors (Lipinski definition) is 0. The molecule has 3 heterocycles. The molecule has 0 amide bonds. The Labute approximate surface area is 130 Å². The normalized spacial score (nSPS) is 39.2. The van der Waals surface area contributed by atoms with Crippen LogP contribution >= 0.6 is 0 Å². The molecule has 0 spiro atoms. The van der Waals surface area contributed by atoms with E-state index in [1.807, 2.05) is 26.0 Å². The molecule has 5 atom stereocenters. The summed E-state index contributed by atoms with van der Waals surface area (Å²) in [5.41, 5.74) is 3.47. The van der Waals surface area contributed by atoms with E-state index in [2.05, 4.69) is 13.8 Å². The van der Waals surface area contributed by atoms with Gasteiger partial charge in [-0.15, -0.1) is 0 Å². The molecular formula is C18H21FO3. The van der Waals surface area contributed by atoms with Crippen LogP contribution < -0.4 is 0 Å². The second-order valence-corrected chi connectivity index (χ2v) is 6.98. The summed E-state index contributed by atoms with van der Waals surface area (Å²) < 4.78 is 31.5. The van der Waals surface area contributed by atoms with Crippen molar-refractivity contribution in [1.29, 1.82) is 0 Å². The Morgan fingerprint density at radius 3 is 2.32 bits per heavy atom. The van der Waals surface area contributed by atoms with Crippen LogP contribution in [-0.4, -0.2) is 30.2 Å². The first-order valence-electron chi connectivity index (χ1n) is 7.85. The molecule has 0 aromatic heterocycles. The second-order valence-electron chi connectivity index (χ2n) is 6.98. The largest absolute Gasteiger partial charge is 0.364 e. The van der Waals surface area contributed by atoms with Crippen molar-refractivity contribution in [2.75, 3.05) is 0 Å². The summed E-state index contributed by atoms with van der Waals surface area (Å²) in [5.74, 6) is -0.576. The predicted molar refractivity (Wildman–Crippen MR) is 80.6 cm³/mol. The highest BCUT2D eigenvalue weighted by Gasteiger charge is 2.59. The third-order valence-corrected chi connectivity index (χ3v) is 5.04. The lowest BCUT2D eigenvalue weighted by Gasteiger charge is -2.34.